The molecule has 0 saturated carbocycles. The summed E-state index contributed by atoms with van der Waals surface area (Å²) in [5.74, 6) is 1.20. The molecule has 7 heteroatoms. The Labute approximate surface area is 182 Å². The molecule has 1 N–H and O–H groups in total. The molecule has 0 aliphatic carbocycles. The van der Waals surface area contributed by atoms with E-state index in [9.17, 15) is 0 Å². The van der Waals surface area contributed by atoms with E-state index in [1.54, 1.807) is 12.4 Å². The number of hydrogen-bond donors (Lipinski definition) is 1. The molecule has 0 spiro atoms. The number of nitrogens with one attached hydrogen (secondary N) is 1. The van der Waals surface area contributed by atoms with Gasteiger partial charge in [-0.3, -0.25) is 10.4 Å². The molecule has 1 saturated heterocycles. The SMILES string of the molecule is Cc1cccc(/C=N/Nc2cc(N3CCOCC3)cc(OCCc3ccccn3)n2)c1. The maximum atomic E-state index is 5.96. The zero-order valence-corrected chi connectivity index (χ0v) is 17.7. The minimum atomic E-state index is 0.503. The van der Waals surface area contributed by atoms with Crippen molar-refractivity contribution in [1.82, 2.24) is 9.97 Å². The topological polar surface area (TPSA) is 71.9 Å². The fourth-order valence-corrected chi connectivity index (χ4v) is 3.36. The van der Waals surface area contributed by atoms with Crippen molar-refractivity contribution in [1.29, 1.82) is 0 Å². The molecule has 31 heavy (non-hydrogen) atoms. The lowest BCUT2D eigenvalue weighted by Gasteiger charge is -2.29. The van der Waals surface area contributed by atoms with Crippen molar-refractivity contribution in [2.75, 3.05) is 43.2 Å². The summed E-state index contributed by atoms with van der Waals surface area (Å²) in [5.41, 5.74) is 7.31. The van der Waals surface area contributed by atoms with Gasteiger partial charge in [0, 0.05) is 49.2 Å². The molecule has 2 aromatic heterocycles. The molecule has 3 aromatic rings. The average Bonchev–Trinajstić information content (AvgIpc) is 2.80. The van der Waals surface area contributed by atoms with Crippen molar-refractivity contribution < 1.29 is 9.47 Å². The minimum Gasteiger partial charge on any atom is -0.477 e. The predicted octanol–water partition coefficient (Wildman–Crippen LogP) is 3.69. The first-order chi connectivity index (χ1) is 15.3. The van der Waals surface area contributed by atoms with E-state index in [1.165, 1.54) is 5.56 Å². The van der Waals surface area contributed by atoms with Crippen molar-refractivity contribution in [2.24, 2.45) is 5.10 Å². The van der Waals surface area contributed by atoms with Gasteiger partial charge in [-0.25, -0.2) is 0 Å². The Morgan fingerprint density at radius 1 is 1.13 bits per heavy atom. The highest BCUT2D eigenvalue weighted by Gasteiger charge is 2.14. The van der Waals surface area contributed by atoms with Gasteiger partial charge in [-0.2, -0.15) is 10.1 Å². The number of nitrogens with zero attached hydrogens (tertiary/aromatic N) is 4. The lowest BCUT2D eigenvalue weighted by Crippen LogP contribution is -2.36. The van der Waals surface area contributed by atoms with E-state index >= 15 is 0 Å². The van der Waals surface area contributed by atoms with Crippen LogP contribution in [-0.4, -0.2) is 49.1 Å². The maximum Gasteiger partial charge on any atom is 0.217 e. The first kappa shape index (κ1) is 20.8. The molecule has 0 amide bonds. The normalized spacial score (nSPS) is 14.0. The largest absolute Gasteiger partial charge is 0.477 e. The lowest BCUT2D eigenvalue weighted by atomic mass is 10.2. The van der Waals surface area contributed by atoms with Gasteiger partial charge < -0.3 is 14.4 Å². The highest BCUT2D eigenvalue weighted by molar-refractivity contribution is 5.80. The first-order valence-electron chi connectivity index (χ1n) is 10.5. The number of hydrogen-bond acceptors (Lipinski definition) is 7. The van der Waals surface area contributed by atoms with Gasteiger partial charge in [-0.05, 0) is 24.6 Å². The molecule has 1 aromatic carbocycles. The highest BCUT2D eigenvalue weighted by Crippen LogP contribution is 2.25. The summed E-state index contributed by atoms with van der Waals surface area (Å²) in [7, 11) is 0. The van der Waals surface area contributed by atoms with Crippen LogP contribution in [0.3, 0.4) is 0 Å². The number of ether oxygens (including phenoxy) is 2. The molecule has 0 atom stereocenters. The number of morpholine rings is 1. The Balaban J connectivity index is 1.46. The van der Waals surface area contributed by atoms with Crippen LogP contribution in [0.4, 0.5) is 11.5 Å². The van der Waals surface area contributed by atoms with E-state index in [0.717, 1.165) is 36.5 Å². The standard InChI is InChI=1S/C24H27N5O2/c1-19-5-4-6-20(15-19)18-26-28-23-16-22(29-10-13-30-14-11-29)17-24(27-23)31-12-8-21-7-2-3-9-25-21/h2-7,9,15-18H,8,10-14H2,1H3,(H,27,28)/b26-18+. The van der Waals surface area contributed by atoms with Crippen LogP contribution in [0.2, 0.25) is 0 Å². The summed E-state index contributed by atoms with van der Waals surface area (Å²) in [6.07, 6.45) is 4.30. The van der Waals surface area contributed by atoms with Gasteiger partial charge in [0.2, 0.25) is 5.88 Å². The first-order valence-corrected chi connectivity index (χ1v) is 10.5. The van der Waals surface area contributed by atoms with Crippen LogP contribution < -0.4 is 15.1 Å². The average molecular weight is 418 g/mol. The molecule has 1 aliphatic heterocycles. The second-order valence-corrected chi connectivity index (χ2v) is 7.35. The summed E-state index contributed by atoms with van der Waals surface area (Å²) in [6.45, 7) is 5.67. The van der Waals surface area contributed by atoms with Crippen molar-refractivity contribution in [3.8, 4) is 5.88 Å². The maximum absolute atomic E-state index is 5.96. The molecule has 160 valence electrons. The van der Waals surface area contributed by atoms with Crippen LogP contribution in [0.25, 0.3) is 0 Å². The van der Waals surface area contributed by atoms with Gasteiger partial charge in [-0.15, -0.1) is 0 Å². The molecule has 0 unspecified atom stereocenters. The van der Waals surface area contributed by atoms with E-state index in [1.807, 2.05) is 42.5 Å². The summed E-state index contributed by atoms with van der Waals surface area (Å²) in [5, 5.41) is 4.36. The molecular weight excluding hydrogens is 390 g/mol. The van der Waals surface area contributed by atoms with Gasteiger partial charge in [0.15, 0.2) is 5.82 Å². The number of pyridine rings is 2. The number of benzene rings is 1. The number of aryl methyl sites for hydroxylation is 1. The van der Waals surface area contributed by atoms with Crippen LogP contribution >= 0.6 is 0 Å². The predicted molar refractivity (Wildman–Crippen MR) is 123 cm³/mol. The van der Waals surface area contributed by atoms with E-state index in [-0.39, 0.29) is 0 Å². The van der Waals surface area contributed by atoms with Crippen LogP contribution in [0.1, 0.15) is 16.8 Å². The fraction of sp³-hybridized carbons (Fsp3) is 0.292. The van der Waals surface area contributed by atoms with Gasteiger partial charge in [0.1, 0.15) is 0 Å². The Hall–Kier alpha value is -3.45. The van der Waals surface area contributed by atoms with Crippen LogP contribution in [0, 0.1) is 6.92 Å². The molecule has 7 nitrogen and oxygen atoms in total. The summed E-state index contributed by atoms with van der Waals surface area (Å²) < 4.78 is 11.4. The smallest absolute Gasteiger partial charge is 0.217 e. The zero-order valence-electron chi connectivity index (χ0n) is 17.7. The third kappa shape index (κ3) is 6.26. The zero-order chi connectivity index (χ0) is 21.3. The van der Waals surface area contributed by atoms with Gasteiger partial charge in [0.25, 0.3) is 0 Å². The van der Waals surface area contributed by atoms with Crippen molar-refractivity contribution in [2.45, 2.75) is 13.3 Å². The van der Waals surface area contributed by atoms with Gasteiger partial charge >= 0.3 is 0 Å². The molecular formula is C24H27N5O2. The quantitative estimate of drug-likeness (QED) is 0.445. The molecule has 3 heterocycles. The Kier molecular flexibility index (Phi) is 7.08. The van der Waals surface area contributed by atoms with Crippen LogP contribution in [0.5, 0.6) is 5.88 Å². The third-order valence-corrected chi connectivity index (χ3v) is 4.93. The Morgan fingerprint density at radius 3 is 2.84 bits per heavy atom. The van der Waals surface area contributed by atoms with Crippen LogP contribution in [0.15, 0.2) is 65.9 Å². The highest BCUT2D eigenvalue weighted by atomic mass is 16.5. The Bertz CT molecular complexity index is 1000. The molecule has 4 rings (SSSR count). The third-order valence-electron chi connectivity index (χ3n) is 4.93. The van der Waals surface area contributed by atoms with E-state index < -0.39 is 0 Å². The summed E-state index contributed by atoms with van der Waals surface area (Å²) in [6, 6.07) is 18.0. The molecule has 1 fully saturated rings. The minimum absolute atomic E-state index is 0.503. The van der Waals surface area contributed by atoms with Gasteiger partial charge in [-0.1, -0.05) is 35.9 Å². The second kappa shape index (κ2) is 10.5. The number of rotatable bonds is 8. The lowest BCUT2D eigenvalue weighted by molar-refractivity contribution is 0.122. The molecule has 0 bridgehead atoms. The van der Waals surface area contributed by atoms with E-state index in [2.05, 4.69) is 44.5 Å². The fourth-order valence-electron chi connectivity index (χ4n) is 3.36. The van der Waals surface area contributed by atoms with Crippen LogP contribution in [-0.2, 0) is 11.2 Å². The second-order valence-electron chi connectivity index (χ2n) is 7.35. The van der Waals surface area contributed by atoms with Crippen molar-refractivity contribution in [3.05, 3.63) is 77.6 Å². The Morgan fingerprint density at radius 2 is 2.03 bits per heavy atom. The molecule has 1 aliphatic rings. The molecule has 0 radical (unpaired) electrons. The van der Waals surface area contributed by atoms with E-state index in [4.69, 9.17) is 9.47 Å². The van der Waals surface area contributed by atoms with E-state index in [0.29, 0.717) is 31.5 Å². The summed E-state index contributed by atoms with van der Waals surface area (Å²) in [4.78, 5) is 11.2. The number of hydrazone groups is 1. The number of aromatic nitrogens is 2. The van der Waals surface area contributed by atoms with Crippen molar-refractivity contribution in [3.63, 3.8) is 0 Å². The number of anilines is 2. The van der Waals surface area contributed by atoms with Gasteiger partial charge in [0.05, 0.1) is 26.0 Å². The van der Waals surface area contributed by atoms with Crippen molar-refractivity contribution >= 4 is 17.7 Å². The monoisotopic (exact) mass is 417 g/mol. The summed E-state index contributed by atoms with van der Waals surface area (Å²) >= 11 is 0.